The van der Waals surface area contributed by atoms with E-state index in [9.17, 15) is 0 Å². The normalized spacial score (nSPS) is 17.7. The minimum absolute atomic E-state index is 0. The van der Waals surface area contributed by atoms with Gasteiger partial charge < -0.3 is 20.0 Å². The molecule has 1 aromatic rings. The third kappa shape index (κ3) is 7.66. The molecule has 0 spiro atoms. The zero-order valence-corrected chi connectivity index (χ0v) is 20.0. The smallest absolute Gasteiger partial charge is 0.193 e. The topological polar surface area (TPSA) is 47.0 Å². The van der Waals surface area contributed by atoms with Crippen LogP contribution in [0.25, 0.3) is 0 Å². The fraction of sp³-hybridized carbons (Fsp3) is 0.778. The molecule has 0 bridgehead atoms. The summed E-state index contributed by atoms with van der Waals surface area (Å²) in [6.45, 7) is 15.5. The Kier molecular flexibility index (Phi) is 11.0. The first-order valence-electron chi connectivity index (χ1n) is 9.29. The van der Waals surface area contributed by atoms with E-state index in [4.69, 9.17) is 0 Å². The highest BCUT2D eigenvalue weighted by Crippen LogP contribution is 2.10. The van der Waals surface area contributed by atoms with E-state index < -0.39 is 0 Å². The highest BCUT2D eigenvalue weighted by molar-refractivity contribution is 14.0. The third-order valence-corrected chi connectivity index (χ3v) is 5.55. The van der Waals surface area contributed by atoms with Gasteiger partial charge in [-0.25, -0.2) is 4.98 Å². The zero-order valence-electron chi connectivity index (χ0n) is 16.9. The largest absolute Gasteiger partial charge is 0.356 e. The molecule has 1 aromatic heterocycles. The fourth-order valence-corrected chi connectivity index (χ4v) is 3.85. The van der Waals surface area contributed by atoms with Crippen molar-refractivity contribution in [3.8, 4) is 0 Å². The standard InChI is InChI=1S/C18H34N6S.HI/c1-6-23-7-9-24(10-8-23)12-15(2)11-20-18(19-4)22(5)13-17-14-25-16(3)21-17;/h14-15H,6-13H2,1-5H3,(H,19,20);1H. The van der Waals surface area contributed by atoms with Crippen molar-refractivity contribution in [3.05, 3.63) is 16.1 Å². The van der Waals surface area contributed by atoms with Gasteiger partial charge in [-0.3, -0.25) is 4.99 Å². The highest BCUT2D eigenvalue weighted by atomic mass is 127. The van der Waals surface area contributed by atoms with Crippen molar-refractivity contribution < 1.29 is 0 Å². The first-order valence-corrected chi connectivity index (χ1v) is 10.2. The van der Waals surface area contributed by atoms with Gasteiger partial charge in [-0.2, -0.15) is 0 Å². The lowest BCUT2D eigenvalue weighted by molar-refractivity contribution is 0.124. The fourth-order valence-electron chi connectivity index (χ4n) is 3.24. The number of halogens is 1. The predicted octanol–water partition coefficient (Wildman–Crippen LogP) is 2.35. The maximum Gasteiger partial charge on any atom is 0.193 e. The van der Waals surface area contributed by atoms with Crippen molar-refractivity contribution in [2.24, 2.45) is 10.9 Å². The van der Waals surface area contributed by atoms with Gasteiger partial charge in [0.2, 0.25) is 0 Å². The average molecular weight is 494 g/mol. The molecular formula is C18H35IN6S. The molecule has 150 valence electrons. The maximum atomic E-state index is 4.54. The molecule has 1 aliphatic heterocycles. The number of hydrogen-bond donors (Lipinski definition) is 1. The van der Waals surface area contributed by atoms with E-state index in [-0.39, 0.29) is 24.0 Å². The molecule has 1 saturated heterocycles. The van der Waals surface area contributed by atoms with Crippen LogP contribution in [0.5, 0.6) is 0 Å². The Morgan fingerprint density at radius 3 is 2.54 bits per heavy atom. The number of nitrogens with one attached hydrogen (secondary N) is 1. The predicted molar refractivity (Wildman–Crippen MR) is 123 cm³/mol. The van der Waals surface area contributed by atoms with Crippen LogP contribution in [0.15, 0.2) is 10.4 Å². The Bertz CT molecular complexity index is 542. The van der Waals surface area contributed by atoms with Gasteiger partial charge in [0.1, 0.15) is 0 Å². The van der Waals surface area contributed by atoms with Crippen LogP contribution in [-0.4, -0.2) is 85.6 Å². The number of thiazole rings is 1. The lowest BCUT2D eigenvalue weighted by Crippen LogP contribution is -2.48. The molecule has 0 aromatic carbocycles. The lowest BCUT2D eigenvalue weighted by atomic mass is 10.1. The van der Waals surface area contributed by atoms with Crippen LogP contribution in [0.4, 0.5) is 0 Å². The Morgan fingerprint density at radius 2 is 2.00 bits per heavy atom. The number of rotatable bonds is 7. The van der Waals surface area contributed by atoms with Gasteiger partial charge >= 0.3 is 0 Å². The van der Waals surface area contributed by atoms with E-state index in [0.29, 0.717) is 5.92 Å². The summed E-state index contributed by atoms with van der Waals surface area (Å²) in [5.74, 6) is 1.54. The SMILES string of the molecule is CCN1CCN(CC(C)CNC(=NC)N(C)Cc2csc(C)n2)CC1.I. The van der Waals surface area contributed by atoms with Crippen molar-refractivity contribution >= 4 is 41.3 Å². The van der Waals surface area contributed by atoms with Crippen LogP contribution >= 0.6 is 35.3 Å². The van der Waals surface area contributed by atoms with E-state index in [1.165, 1.54) is 32.7 Å². The molecule has 1 fully saturated rings. The second-order valence-electron chi connectivity index (χ2n) is 6.98. The van der Waals surface area contributed by atoms with E-state index in [2.05, 4.69) is 56.3 Å². The number of aryl methyl sites for hydroxylation is 1. The quantitative estimate of drug-likeness (QED) is 0.358. The van der Waals surface area contributed by atoms with Gasteiger partial charge in [0, 0.05) is 58.7 Å². The molecule has 26 heavy (non-hydrogen) atoms. The van der Waals surface area contributed by atoms with E-state index >= 15 is 0 Å². The van der Waals surface area contributed by atoms with Gasteiger partial charge in [-0.1, -0.05) is 13.8 Å². The number of aromatic nitrogens is 1. The van der Waals surface area contributed by atoms with Crippen LogP contribution in [0, 0.1) is 12.8 Å². The van der Waals surface area contributed by atoms with Crippen molar-refractivity contribution in [2.75, 3.05) is 59.9 Å². The Balaban J connectivity index is 0.00000338. The average Bonchev–Trinajstić information content (AvgIpc) is 3.01. The number of guanidine groups is 1. The number of likely N-dealkylation sites (N-methyl/N-ethyl adjacent to an activating group) is 1. The van der Waals surface area contributed by atoms with Crippen molar-refractivity contribution in [1.29, 1.82) is 0 Å². The minimum Gasteiger partial charge on any atom is -0.356 e. The molecule has 8 heteroatoms. The summed E-state index contributed by atoms with van der Waals surface area (Å²) in [5, 5.41) is 6.76. The monoisotopic (exact) mass is 494 g/mol. The molecule has 0 saturated carbocycles. The van der Waals surface area contributed by atoms with Crippen LogP contribution in [0.3, 0.4) is 0 Å². The first kappa shape index (κ1) is 23.6. The van der Waals surface area contributed by atoms with Crippen molar-refractivity contribution in [2.45, 2.75) is 27.3 Å². The third-order valence-electron chi connectivity index (χ3n) is 4.73. The molecule has 1 aliphatic rings. The Labute approximate surface area is 180 Å². The van der Waals surface area contributed by atoms with E-state index in [1.807, 2.05) is 14.0 Å². The molecule has 1 atom stereocenters. The number of nitrogens with zero attached hydrogens (tertiary/aromatic N) is 5. The summed E-state index contributed by atoms with van der Waals surface area (Å²) in [5.41, 5.74) is 1.11. The first-order chi connectivity index (χ1) is 12.0. The van der Waals surface area contributed by atoms with Gasteiger partial charge in [0.25, 0.3) is 0 Å². The highest BCUT2D eigenvalue weighted by Gasteiger charge is 2.18. The Morgan fingerprint density at radius 1 is 1.35 bits per heavy atom. The van der Waals surface area contributed by atoms with Crippen LogP contribution in [-0.2, 0) is 6.54 Å². The molecule has 1 unspecified atom stereocenters. The maximum absolute atomic E-state index is 4.54. The molecule has 1 N–H and O–H groups in total. The molecule has 0 radical (unpaired) electrons. The second kappa shape index (κ2) is 12.1. The van der Waals surface area contributed by atoms with Crippen molar-refractivity contribution in [3.63, 3.8) is 0 Å². The molecule has 0 aliphatic carbocycles. The molecule has 0 amide bonds. The summed E-state index contributed by atoms with van der Waals surface area (Å²) >= 11 is 1.70. The van der Waals surface area contributed by atoms with E-state index in [1.54, 1.807) is 11.3 Å². The summed E-state index contributed by atoms with van der Waals surface area (Å²) < 4.78 is 0. The van der Waals surface area contributed by atoms with Gasteiger partial charge in [-0.15, -0.1) is 35.3 Å². The van der Waals surface area contributed by atoms with E-state index in [0.717, 1.165) is 36.3 Å². The summed E-state index contributed by atoms with van der Waals surface area (Å²) in [6.07, 6.45) is 0. The van der Waals surface area contributed by atoms with Gasteiger partial charge in [0.15, 0.2) is 5.96 Å². The van der Waals surface area contributed by atoms with Crippen LogP contribution < -0.4 is 5.32 Å². The summed E-state index contributed by atoms with van der Waals surface area (Å²) in [4.78, 5) is 16.2. The lowest BCUT2D eigenvalue weighted by Gasteiger charge is -2.35. The molecule has 6 nitrogen and oxygen atoms in total. The number of hydrogen-bond acceptors (Lipinski definition) is 5. The number of piperazine rings is 1. The second-order valence-corrected chi connectivity index (χ2v) is 8.04. The van der Waals surface area contributed by atoms with Crippen LogP contribution in [0.1, 0.15) is 24.5 Å². The Hall–Kier alpha value is -0.450. The molecule has 2 heterocycles. The zero-order chi connectivity index (χ0) is 18.2. The summed E-state index contributed by atoms with van der Waals surface area (Å²) in [7, 11) is 3.92. The summed E-state index contributed by atoms with van der Waals surface area (Å²) in [6, 6.07) is 0. The van der Waals surface area contributed by atoms with Gasteiger partial charge in [-0.05, 0) is 19.4 Å². The van der Waals surface area contributed by atoms with Crippen LogP contribution in [0.2, 0.25) is 0 Å². The van der Waals surface area contributed by atoms with Gasteiger partial charge in [0.05, 0.1) is 17.2 Å². The van der Waals surface area contributed by atoms with Crippen molar-refractivity contribution in [1.82, 2.24) is 25.0 Å². The minimum atomic E-state index is 0. The molecule has 2 rings (SSSR count). The molecular weight excluding hydrogens is 459 g/mol. The number of aliphatic imine (C=N–C) groups is 1.